The lowest BCUT2D eigenvalue weighted by Crippen LogP contribution is -2.37. The van der Waals surface area contributed by atoms with E-state index in [-0.39, 0.29) is 11.8 Å². The maximum Gasteiger partial charge on any atom is 0.159 e. The Labute approximate surface area is 152 Å². The van der Waals surface area contributed by atoms with Gasteiger partial charge in [0.25, 0.3) is 0 Å². The van der Waals surface area contributed by atoms with Crippen molar-refractivity contribution in [3.63, 3.8) is 0 Å². The fourth-order valence-corrected chi connectivity index (χ4v) is 4.09. The third-order valence-electron chi connectivity index (χ3n) is 5.39. The highest BCUT2D eigenvalue weighted by molar-refractivity contribution is 6.03. The molecule has 2 nitrogen and oxygen atoms in total. The average molecular weight is 337 g/mol. The van der Waals surface area contributed by atoms with Gasteiger partial charge < -0.3 is 5.32 Å². The van der Waals surface area contributed by atoms with Crippen molar-refractivity contribution in [3.8, 4) is 0 Å². The van der Waals surface area contributed by atoms with Gasteiger partial charge in [0.1, 0.15) is 0 Å². The van der Waals surface area contributed by atoms with Gasteiger partial charge in [0.15, 0.2) is 5.78 Å². The molecule has 26 heavy (non-hydrogen) atoms. The molecular weight excluding hydrogens is 318 g/mol. The maximum absolute atomic E-state index is 12.8. The van der Waals surface area contributed by atoms with Crippen LogP contribution in [0.3, 0.4) is 0 Å². The smallest absolute Gasteiger partial charge is 0.159 e. The summed E-state index contributed by atoms with van der Waals surface area (Å²) in [5, 5.41) is 8.40. The quantitative estimate of drug-likeness (QED) is 0.513. The van der Waals surface area contributed by atoms with E-state index < -0.39 is 0 Å². The molecule has 0 bridgehead atoms. The number of hydrogen-bond acceptors (Lipinski definition) is 2. The molecule has 1 aliphatic rings. The minimum Gasteiger partial charge on any atom is -0.375 e. The fourth-order valence-electron chi connectivity index (χ4n) is 4.09. The van der Waals surface area contributed by atoms with E-state index in [1.807, 2.05) is 18.2 Å². The number of ketones is 1. The van der Waals surface area contributed by atoms with Crippen LogP contribution in [0.15, 0.2) is 78.9 Å². The third kappa shape index (κ3) is 2.46. The highest BCUT2D eigenvalue weighted by Crippen LogP contribution is 2.31. The molecule has 0 unspecified atom stereocenters. The van der Waals surface area contributed by atoms with Crippen molar-refractivity contribution in [2.24, 2.45) is 0 Å². The van der Waals surface area contributed by atoms with Crippen molar-refractivity contribution in [2.45, 2.75) is 18.9 Å². The molecule has 0 saturated carbocycles. The van der Waals surface area contributed by atoms with Gasteiger partial charge in [-0.05, 0) is 44.8 Å². The molecule has 0 spiro atoms. The van der Waals surface area contributed by atoms with Gasteiger partial charge in [-0.1, -0.05) is 66.7 Å². The number of para-hydroxylation sites is 1. The fraction of sp³-hybridized carbons (Fsp3) is 0.125. The van der Waals surface area contributed by atoms with Crippen LogP contribution in [0.4, 0.5) is 5.69 Å². The number of rotatable bonds is 2. The summed E-state index contributed by atoms with van der Waals surface area (Å²) in [6.07, 6.45) is 1.21. The molecule has 126 valence electrons. The molecule has 2 heteroatoms. The first-order chi connectivity index (χ1) is 12.8. The molecule has 0 fully saturated rings. The number of fused-ring (bicyclic) bond motifs is 3. The Bertz CT molecular complexity index is 1090. The van der Waals surface area contributed by atoms with Gasteiger partial charge in [-0.2, -0.15) is 0 Å². The maximum atomic E-state index is 12.8. The zero-order valence-electron chi connectivity index (χ0n) is 14.4. The second-order valence-electron chi connectivity index (χ2n) is 7.00. The van der Waals surface area contributed by atoms with Crippen molar-refractivity contribution in [1.82, 2.24) is 0 Å². The molecule has 1 atom stereocenters. The summed E-state index contributed by atoms with van der Waals surface area (Å²) >= 11 is 0. The van der Waals surface area contributed by atoms with Crippen LogP contribution in [0.25, 0.3) is 21.5 Å². The van der Waals surface area contributed by atoms with Gasteiger partial charge in [0, 0.05) is 18.5 Å². The summed E-state index contributed by atoms with van der Waals surface area (Å²) in [5.41, 5.74) is 3.43. The van der Waals surface area contributed by atoms with E-state index >= 15 is 0 Å². The van der Waals surface area contributed by atoms with Crippen molar-refractivity contribution in [3.05, 3.63) is 90.0 Å². The van der Waals surface area contributed by atoms with Gasteiger partial charge in [-0.25, -0.2) is 0 Å². The molecule has 0 aromatic heterocycles. The predicted molar refractivity (Wildman–Crippen MR) is 108 cm³/mol. The summed E-state index contributed by atoms with van der Waals surface area (Å²) in [6.45, 7) is 0. The van der Waals surface area contributed by atoms with Crippen molar-refractivity contribution in [2.75, 3.05) is 5.32 Å². The number of carbonyl (C=O) groups excluding carboxylic acids is 1. The van der Waals surface area contributed by atoms with Crippen LogP contribution in [0, 0.1) is 0 Å². The van der Waals surface area contributed by atoms with Crippen LogP contribution in [-0.4, -0.2) is 11.8 Å². The molecule has 0 amide bonds. The summed E-state index contributed by atoms with van der Waals surface area (Å²) in [4.78, 5) is 12.8. The van der Waals surface area contributed by atoms with Crippen LogP contribution in [-0.2, 0) is 17.6 Å². The molecule has 0 radical (unpaired) electrons. The Kier molecular flexibility index (Phi) is 3.49. The molecule has 1 aliphatic heterocycles. The van der Waals surface area contributed by atoms with Crippen LogP contribution >= 0.6 is 0 Å². The van der Waals surface area contributed by atoms with E-state index in [0.29, 0.717) is 12.8 Å². The SMILES string of the molecule is O=C1Cc2ccccc2N[C@H]1Cc1c2ccccc2cc2ccccc12. The molecule has 4 aromatic carbocycles. The topological polar surface area (TPSA) is 29.1 Å². The molecule has 5 rings (SSSR count). The lowest BCUT2D eigenvalue weighted by Gasteiger charge is -2.27. The van der Waals surface area contributed by atoms with Crippen LogP contribution in [0.2, 0.25) is 0 Å². The summed E-state index contributed by atoms with van der Waals surface area (Å²) in [5.74, 6) is 0.265. The van der Waals surface area contributed by atoms with Gasteiger partial charge in [-0.15, -0.1) is 0 Å². The standard InChI is InChI=1S/C24H19NO/c26-24-14-18-9-3-6-12-22(18)25-23(24)15-21-19-10-4-1-7-16(19)13-17-8-2-5-11-20(17)21/h1-13,23,25H,14-15H2/t23-/m0/s1. The summed E-state index contributed by atoms with van der Waals surface area (Å²) in [6, 6.07) is 27.1. The molecule has 0 aliphatic carbocycles. The Balaban J connectivity index is 1.64. The highest BCUT2D eigenvalue weighted by Gasteiger charge is 2.26. The second kappa shape index (κ2) is 5.99. The molecule has 0 saturated heterocycles. The van der Waals surface area contributed by atoms with E-state index in [4.69, 9.17) is 0 Å². The van der Waals surface area contributed by atoms with E-state index in [1.54, 1.807) is 0 Å². The van der Waals surface area contributed by atoms with Crippen LogP contribution < -0.4 is 5.32 Å². The van der Waals surface area contributed by atoms with Crippen LogP contribution in [0.5, 0.6) is 0 Å². The second-order valence-corrected chi connectivity index (χ2v) is 7.00. The first-order valence-corrected chi connectivity index (χ1v) is 9.06. The Hall–Kier alpha value is -3.13. The molecule has 1 heterocycles. The minimum absolute atomic E-state index is 0.181. The number of anilines is 1. The Morgan fingerprint density at radius 2 is 1.42 bits per heavy atom. The normalized spacial score (nSPS) is 16.5. The van der Waals surface area contributed by atoms with E-state index in [9.17, 15) is 4.79 Å². The summed E-state index contributed by atoms with van der Waals surface area (Å²) in [7, 11) is 0. The highest BCUT2D eigenvalue weighted by atomic mass is 16.1. The predicted octanol–water partition coefficient (Wildman–Crippen LogP) is 5.14. The summed E-state index contributed by atoms with van der Waals surface area (Å²) < 4.78 is 0. The van der Waals surface area contributed by atoms with Crippen molar-refractivity contribution >= 4 is 33.0 Å². The van der Waals surface area contributed by atoms with Gasteiger partial charge in [-0.3, -0.25) is 4.79 Å². The van der Waals surface area contributed by atoms with Gasteiger partial charge >= 0.3 is 0 Å². The lowest BCUT2D eigenvalue weighted by molar-refractivity contribution is -0.119. The van der Waals surface area contributed by atoms with E-state index in [0.717, 1.165) is 11.3 Å². The molecule has 1 N–H and O–H groups in total. The third-order valence-corrected chi connectivity index (χ3v) is 5.39. The van der Waals surface area contributed by atoms with Gasteiger partial charge in [0.05, 0.1) is 6.04 Å². The Morgan fingerprint density at radius 3 is 2.15 bits per heavy atom. The van der Waals surface area contributed by atoms with E-state index in [2.05, 4.69) is 66.0 Å². The Morgan fingerprint density at radius 1 is 0.808 bits per heavy atom. The van der Waals surface area contributed by atoms with Gasteiger partial charge in [0.2, 0.25) is 0 Å². The number of hydrogen-bond donors (Lipinski definition) is 1. The molecule has 4 aromatic rings. The average Bonchev–Trinajstić information content (AvgIpc) is 2.68. The number of Topliss-reactive ketones (excluding diaryl/α,β-unsaturated/α-hetero) is 1. The van der Waals surface area contributed by atoms with Crippen molar-refractivity contribution < 1.29 is 4.79 Å². The largest absolute Gasteiger partial charge is 0.375 e. The first kappa shape index (κ1) is 15.2. The molecular formula is C24H19NO. The van der Waals surface area contributed by atoms with E-state index in [1.165, 1.54) is 27.1 Å². The van der Waals surface area contributed by atoms with Crippen LogP contribution in [0.1, 0.15) is 11.1 Å². The number of nitrogens with one attached hydrogen (secondary N) is 1. The zero-order chi connectivity index (χ0) is 17.5. The van der Waals surface area contributed by atoms with Crippen molar-refractivity contribution in [1.29, 1.82) is 0 Å². The number of carbonyl (C=O) groups is 1. The lowest BCUT2D eigenvalue weighted by atomic mass is 9.88. The number of benzene rings is 4. The zero-order valence-corrected chi connectivity index (χ0v) is 14.4. The first-order valence-electron chi connectivity index (χ1n) is 9.06. The minimum atomic E-state index is -0.181. The monoisotopic (exact) mass is 337 g/mol.